The van der Waals surface area contributed by atoms with Gasteiger partial charge in [-0.05, 0) is 56.7 Å². The van der Waals surface area contributed by atoms with Crippen molar-refractivity contribution in [1.82, 2.24) is 15.2 Å². The van der Waals surface area contributed by atoms with Crippen LogP contribution in [-0.4, -0.2) is 60.9 Å². The van der Waals surface area contributed by atoms with Gasteiger partial charge in [-0.1, -0.05) is 18.2 Å². The molecule has 1 unspecified atom stereocenters. The summed E-state index contributed by atoms with van der Waals surface area (Å²) in [4.78, 5) is 11.8. The van der Waals surface area contributed by atoms with E-state index in [0.717, 1.165) is 63.6 Å². The molecule has 3 heterocycles. The maximum absolute atomic E-state index is 6.17. The second-order valence-electron chi connectivity index (χ2n) is 8.17. The van der Waals surface area contributed by atoms with Crippen LogP contribution in [0.1, 0.15) is 44.6 Å². The van der Waals surface area contributed by atoms with Gasteiger partial charge in [0.1, 0.15) is 0 Å². The molecule has 0 saturated carbocycles. The van der Waals surface area contributed by atoms with Crippen LogP contribution >= 0.6 is 0 Å². The Balaban J connectivity index is 1.33. The summed E-state index contributed by atoms with van der Waals surface area (Å²) >= 11 is 0. The lowest BCUT2D eigenvalue weighted by Gasteiger charge is -2.35. The molecule has 6 heteroatoms. The molecule has 1 aromatic heterocycles. The molecule has 1 aromatic carbocycles. The van der Waals surface area contributed by atoms with E-state index in [2.05, 4.69) is 46.4 Å². The van der Waals surface area contributed by atoms with Crippen LogP contribution < -0.4 is 5.32 Å². The smallest absolute Gasteiger partial charge is 0.194 e. The monoisotopic (exact) mass is 410 g/mol. The van der Waals surface area contributed by atoms with Crippen molar-refractivity contribution < 1.29 is 9.47 Å². The quantitative estimate of drug-likeness (QED) is 0.581. The van der Waals surface area contributed by atoms with Crippen LogP contribution in [0.25, 0.3) is 10.9 Å². The fourth-order valence-electron chi connectivity index (χ4n) is 4.30. The molecule has 30 heavy (non-hydrogen) atoms. The number of aromatic nitrogens is 1. The highest BCUT2D eigenvalue weighted by Crippen LogP contribution is 2.19. The SMILES string of the molecule is CCNC(=NCc1ccnc2ccccc12)N1CCC(OCC2CCCCO2)CC1. The van der Waals surface area contributed by atoms with E-state index >= 15 is 0 Å². The molecule has 2 fully saturated rings. The molecule has 0 spiro atoms. The Morgan fingerprint density at radius 3 is 2.87 bits per heavy atom. The summed E-state index contributed by atoms with van der Waals surface area (Å²) in [5.41, 5.74) is 2.23. The Labute approximate surface area is 179 Å². The summed E-state index contributed by atoms with van der Waals surface area (Å²) in [6, 6.07) is 10.3. The first-order valence-corrected chi connectivity index (χ1v) is 11.4. The van der Waals surface area contributed by atoms with Gasteiger partial charge in [0.2, 0.25) is 0 Å². The van der Waals surface area contributed by atoms with E-state index in [9.17, 15) is 0 Å². The highest BCUT2D eigenvalue weighted by atomic mass is 16.5. The van der Waals surface area contributed by atoms with Crippen molar-refractivity contribution in [2.24, 2.45) is 4.99 Å². The number of benzene rings is 1. The second kappa shape index (κ2) is 10.7. The molecule has 2 aromatic rings. The van der Waals surface area contributed by atoms with Gasteiger partial charge in [-0.25, -0.2) is 4.99 Å². The number of piperidine rings is 1. The molecule has 2 saturated heterocycles. The third-order valence-electron chi connectivity index (χ3n) is 6.01. The van der Waals surface area contributed by atoms with Gasteiger partial charge in [0.15, 0.2) is 5.96 Å². The predicted molar refractivity (Wildman–Crippen MR) is 121 cm³/mol. The van der Waals surface area contributed by atoms with Gasteiger partial charge in [-0.3, -0.25) is 4.98 Å². The lowest BCUT2D eigenvalue weighted by Crippen LogP contribution is -2.47. The van der Waals surface area contributed by atoms with Crippen LogP contribution in [0.5, 0.6) is 0 Å². The Kier molecular flexibility index (Phi) is 7.54. The number of nitrogens with zero attached hydrogens (tertiary/aromatic N) is 3. The number of likely N-dealkylation sites (tertiary alicyclic amines) is 1. The zero-order valence-corrected chi connectivity index (χ0v) is 18.1. The minimum Gasteiger partial charge on any atom is -0.376 e. The van der Waals surface area contributed by atoms with Gasteiger partial charge in [-0.2, -0.15) is 0 Å². The molecule has 162 valence electrons. The fraction of sp³-hybridized carbons (Fsp3) is 0.583. The van der Waals surface area contributed by atoms with Gasteiger partial charge in [-0.15, -0.1) is 0 Å². The molecular weight excluding hydrogens is 376 g/mol. The van der Waals surface area contributed by atoms with E-state index in [4.69, 9.17) is 14.5 Å². The molecule has 0 bridgehead atoms. The number of aliphatic imine (C=N–C) groups is 1. The van der Waals surface area contributed by atoms with E-state index in [1.54, 1.807) is 0 Å². The molecule has 1 N–H and O–H groups in total. The standard InChI is InChI=1S/C24H34N4O2/c1-2-25-24(27-17-19-10-13-26-23-9-4-3-8-22(19)23)28-14-11-20(12-15-28)30-18-21-7-5-6-16-29-21/h3-4,8-10,13,20-21H,2,5-7,11-12,14-18H2,1H3,(H,25,27). The molecular formula is C24H34N4O2. The second-order valence-corrected chi connectivity index (χ2v) is 8.17. The third kappa shape index (κ3) is 5.49. The van der Waals surface area contributed by atoms with Crippen molar-refractivity contribution in [2.45, 2.75) is 57.8 Å². The molecule has 0 radical (unpaired) electrons. The number of ether oxygens (including phenoxy) is 2. The first-order chi connectivity index (χ1) is 14.8. The van der Waals surface area contributed by atoms with Gasteiger partial charge >= 0.3 is 0 Å². The highest BCUT2D eigenvalue weighted by Gasteiger charge is 2.23. The molecule has 2 aliphatic heterocycles. The number of guanidine groups is 1. The number of nitrogens with one attached hydrogen (secondary N) is 1. The number of fused-ring (bicyclic) bond motifs is 1. The zero-order valence-electron chi connectivity index (χ0n) is 18.1. The Bertz CT molecular complexity index is 822. The zero-order chi connectivity index (χ0) is 20.6. The van der Waals surface area contributed by atoms with Crippen LogP contribution in [0.3, 0.4) is 0 Å². The highest BCUT2D eigenvalue weighted by molar-refractivity contribution is 5.83. The molecule has 2 aliphatic rings. The van der Waals surface area contributed by atoms with E-state index in [1.807, 2.05) is 12.3 Å². The first-order valence-electron chi connectivity index (χ1n) is 11.4. The predicted octanol–water partition coefficient (Wildman–Crippen LogP) is 3.75. The van der Waals surface area contributed by atoms with Gasteiger partial charge in [0.05, 0.1) is 30.9 Å². The van der Waals surface area contributed by atoms with E-state index < -0.39 is 0 Å². The molecule has 1 atom stereocenters. The van der Waals surface area contributed by atoms with Crippen molar-refractivity contribution in [2.75, 3.05) is 32.8 Å². The molecule has 0 aliphatic carbocycles. The Morgan fingerprint density at radius 2 is 2.07 bits per heavy atom. The number of hydrogen-bond donors (Lipinski definition) is 1. The average Bonchev–Trinajstić information content (AvgIpc) is 2.81. The lowest BCUT2D eigenvalue weighted by molar-refractivity contribution is -0.0721. The largest absolute Gasteiger partial charge is 0.376 e. The van der Waals surface area contributed by atoms with Crippen molar-refractivity contribution in [3.63, 3.8) is 0 Å². The molecule has 6 nitrogen and oxygen atoms in total. The van der Waals surface area contributed by atoms with Crippen molar-refractivity contribution in [1.29, 1.82) is 0 Å². The van der Waals surface area contributed by atoms with E-state index in [-0.39, 0.29) is 0 Å². The summed E-state index contributed by atoms with van der Waals surface area (Å²) in [5, 5.41) is 4.65. The minimum absolute atomic E-state index is 0.297. The van der Waals surface area contributed by atoms with Crippen LogP contribution in [0.4, 0.5) is 0 Å². The number of hydrogen-bond acceptors (Lipinski definition) is 4. The van der Waals surface area contributed by atoms with Gasteiger partial charge in [0, 0.05) is 37.8 Å². The maximum atomic E-state index is 6.17. The van der Waals surface area contributed by atoms with Crippen LogP contribution in [0.2, 0.25) is 0 Å². The Morgan fingerprint density at radius 1 is 1.20 bits per heavy atom. The summed E-state index contributed by atoms with van der Waals surface area (Å²) in [6.07, 6.45) is 8.17. The van der Waals surface area contributed by atoms with Gasteiger partial charge < -0.3 is 19.7 Å². The third-order valence-corrected chi connectivity index (χ3v) is 6.01. The summed E-state index contributed by atoms with van der Waals surface area (Å²) in [7, 11) is 0. The maximum Gasteiger partial charge on any atom is 0.194 e. The minimum atomic E-state index is 0.297. The van der Waals surface area contributed by atoms with Crippen LogP contribution in [-0.2, 0) is 16.0 Å². The van der Waals surface area contributed by atoms with Crippen molar-refractivity contribution >= 4 is 16.9 Å². The number of pyridine rings is 1. The lowest BCUT2D eigenvalue weighted by atomic mass is 10.1. The average molecular weight is 411 g/mol. The molecule has 0 amide bonds. The number of rotatable bonds is 6. The first kappa shape index (κ1) is 21.1. The number of para-hydroxylation sites is 1. The fourth-order valence-corrected chi connectivity index (χ4v) is 4.30. The summed E-state index contributed by atoms with van der Waals surface area (Å²) < 4.78 is 12.0. The van der Waals surface area contributed by atoms with Gasteiger partial charge in [0.25, 0.3) is 0 Å². The summed E-state index contributed by atoms with van der Waals surface area (Å²) in [6.45, 7) is 7.22. The summed E-state index contributed by atoms with van der Waals surface area (Å²) in [5.74, 6) is 0.993. The topological polar surface area (TPSA) is 59.0 Å². The molecule has 4 rings (SSSR count). The van der Waals surface area contributed by atoms with E-state index in [0.29, 0.717) is 18.8 Å². The normalized spacial score (nSPS) is 21.2. The van der Waals surface area contributed by atoms with Crippen LogP contribution in [0, 0.1) is 0 Å². The van der Waals surface area contributed by atoms with E-state index in [1.165, 1.54) is 23.8 Å². The van der Waals surface area contributed by atoms with Crippen molar-refractivity contribution in [3.8, 4) is 0 Å². The Hall–Kier alpha value is -2.18. The van der Waals surface area contributed by atoms with Crippen LogP contribution in [0.15, 0.2) is 41.5 Å². The van der Waals surface area contributed by atoms with Crippen molar-refractivity contribution in [3.05, 3.63) is 42.1 Å².